The van der Waals surface area contributed by atoms with E-state index in [4.69, 9.17) is 11.6 Å². The van der Waals surface area contributed by atoms with Crippen molar-refractivity contribution in [2.24, 2.45) is 0 Å². The van der Waals surface area contributed by atoms with Gasteiger partial charge in [0.25, 0.3) is 5.24 Å². The number of rotatable bonds is 4. The summed E-state index contributed by atoms with van der Waals surface area (Å²) in [5, 5.41) is 3.39. The van der Waals surface area contributed by atoms with Crippen molar-refractivity contribution in [3.05, 3.63) is 29.3 Å². The molecule has 0 saturated heterocycles. The Balaban J connectivity index is 2.37. The lowest BCUT2D eigenvalue weighted by Gasteiger charge is -2.04. The summed E-state index contributed by atoms with van der Waals surface area (Å²) < 4.78 is 0. The molecule has 0 aliphatic heterocycles. The minimum atomic E-state index is -0.0225. The zero-order valence-electron chi connectivity index (χ0n) is 8.63. The maximum atomic E-state index is 11.4. The van der Waals surface area contributed by atoms with E-state index in [1.165, 1.54) is 11.8 Å². The second-order valence-electron chi connectivity index (χ2n) is 3.12. The molecule has 0 spiro atoms. The summed E-state index contributed by atoms with van der Waals surface area (Å²) in [6.45, 7) is 2.11. The Morgan fingerprint density at radius 3 is 3.00 bits per heavy atom. The van der Waals surface area contributed by atoms with Crippen LogP contribution in [0.3, 0.4) is 0 Å². The highest BCUT2D eigenvalue weighted by molar-refractivity contribution is 8.13. The van der Waals surface area contributed by atoms with Crippen LogP contribution in [0.25, 0.3) is 0 Å². The van der Waals surface area contributed by atoms with Gasteiger partial charge >= 0.3 is 0 Å². The second kappa shape index (κ2) is 6.75. The predicted molar refractivity (Wildman–Crippen MR) is 67.8 cm³/mol. The van der Waals surface area contributed by atoms with Crippen LogP contribution in [0.15, 0.2) is 24.3 Å². The zero-order valence-corrected chi connectivity index (χ0v) is 10.2. The summed E-state index contributed by atoms with van der Waals surface area (Å²) in [6, 6.07) is 7.15. The van der Waals surface area contributed by atoms with Gasteiger partial charge in [0.1, 0.15) is 0 Å². The first kappa shape index (κ1) is 12.4. The summed E-state index contributed by atoms with van der Waals surface area (Å²) in [6.07, 6.45) is 2.17. The number of benzene rings is 1. The molecule has 0 saturated carbocycles. The molecule has 4 heteroatoms. The van der Waals surface area contributed by atoms with Gasteiger partial charge < -0.3 is 5.32 Å². The minimum absolute atomic E-state index is 0.0225. The van der Waals surface area contributed by atoms with Crippen molar-refractivity contribution >= 4 is 34.3 Å². The smallest absolute Gasteiger partial charge is 0.283 e. The number of hydrogen-bond donors (Lipinski definition) is 1. The van der Waals surface area contributed by atoms with Crippen LogP contribution in [-0.2, 0) is 0 Å². The topological polar surface area (TPSA) is 29.1 Å². The van der Waals surface area contributed by atoms with E-state index < -0.39 is 0 Å². The van der Waals surface area contributed by atoms with Crippen LogP contribution in [0.5, 0.6) is 0 Å². The molecule has 1 aromatic rings. The maximum Gasteiger partial charge on any atom is 0.283 e. The first-order valence-electron chi connectivity index (χ1n) is 4.91. The van der Waals surface area contributed by atoms with E-state index in [1.807, 2.05) is 12.1 Å². The molecule has 0 aliphatic rings. The Kier molecular flexibility index (Phi) is 5.58. The number of carbonyl (C=O) groups excluding carboxylic acids is 1. The molecule has 0 fully saturated rings. The maximum absolute atomic E-state index is 11.4. The minimum Gasteiger partial charge on any atom is -0.317 e. The fraction of sp³-hybridized carbons (Fsp3) is 0.364. The molecule has 82 valence electrons. The molecule has 0 radical (unpaired) electrons. The van der Waals surface area contributed by atoms with E-state index in [0.717, 1.165) is 24.3 Å². The predicted octanol–water partition coefficient (Wildman–Crippen LogP) is 4.41. The van der Waals surface area contributed by atoms with Gasteiger partial charge in [-0.15, -0.1) is 0 Å². The quantitative estimate of drug-likeness (QED) is 0.794. The van der Waals surface area contributed by atoms with Crippen molar-refractivity contribution in [3.8, 4) is 0 Å². The van der Waals surface area contributed by atoms with Crippen molar-refractivity contribution in [2.75, 3.05) is 11.1 Å². The molecule has 0 atom stereocenters. The Labute approximate surface area is 99.4 Å². The molecular formula is C11H14ClNOS. The number of thioether (sulfide) groups is 1. The highest BCUT2D eigenvalue weighted by atomic mass is 35.5. The van der Waals surface area contributed by atoms with Gasteiger partial charge in [-0.25, -0.2) is 0 Å². The number of unbranched alkanes of at least 4 members (excludes halogenated alkanes) is 1. The van der Waals surface area contributed by atoms with Crippen molar-refractivity contribution in [3.63, 3.8) is 0 Å². The number of carbonyl (C=O) groups is 1. The Morgan fingerprint density at radius 2 is 2.33 bits per heavy atom. The first-order chi connectivity index (χ1) is 7.22. The van der Waals surface area contributed by atoms with E-state index in [-0.39, 0.29) is 5.24 Å². The SMILES string of the molecule is CCCCSC(=O)Nc1cccc(Cl)c1. The summed E-state index contributed by atoms with van der Waals surface area (Å²) in [7, 11) is 0. The van der Waals surface area contributed by atoms with Crippen LogP contribution in [0, 0.1) is 0 Å². The number of nitrogens with one attached hydrogen (secondary N) is 1. The molecule has 0 aliphatic carbocycles. The van der Waals surface area contributed by atoms with E-state index in [1.54, 1.807) is 12.1 Å². The van der Waals surface area contributed by atoms with Crippen LogP contribution < -0.4 is 5.32 Å². The molecule has 0 aromatic heterocycles. The molecule has 0 bridgehead atoms. The van der Waals surface area contributed by atoms with Crippen LogP contribution in [0.1, 0.15) is 19.8 Å². The molecule has 2 nitrogen and oxygen atoms in total. The van der Waals surface area contributed by atoms with Crippen molar-refractivity contribution in [1.82, 2.24) is 0 Å². The summed E-state index contributed by atoms with van der Waals surface area (Å²) >= 11 is 7.11. The van der Waals surface area contributed by atoms with Crippen LogP contribution in [0.2, 0.25) is 5.02 Å². The first-order valence-corrected chi connectivity index (χ1v) is 6.28. The molecule has 1 N–H and O–H groups in total. The third kappa shape index (κ3) is 5.09. The number of anilines is 1. The summed E-state index contributed by atoms with van der Waals surface area (Å²) in [5.41, 5.74) is 0.747. The lowest BCUT2D eigenvalue weighted by Crippen LogP contribution is -2.05. The fourth-order valence-electron chi connectivity index (χ4n) is 1.03. The van der Waals surface area contributed by atoms with Gasteiger partial charge in [-0.05, 0) is 24.6 Å². The normalized spacial score (nSPS) is 10.0. The monoisotopic (exact) mass is 243 g/mol. The van der Waals surface area contributed by atoms with Gasteiger partial charge in [-0.1, -0.05) is 42.8 Å². The van der Waals surface area contributed by atoms with Crippen molar-refractivity contribution in [2.45, 2.75) is 19.8 Å². The third-order valence-corrected chi connectivity index (χ3v) is 2.89. The van der Waals surface area contributed by atoms with Crippen LogP contribution in [-0.4, -0.2) is 11.0 Å². The molecule has 1 rings (SSSR count). The van der Waals surface area contributed by atoms with Gasteiger partial charge in [0.05, 0.1) is 0 Å². The number of hydrogen-bond acceptors (Lipinski definition) is 2. The lowest BCUT2D eigenvalue weighted by atomic mass is 10.3. The molecule has 1 amide bonds. The van der Waals surface area contributed by atoms with Gasteiger partial charge in [-0.2, -0.15) is 0 Å². The molecule has 0 unspecified atom stereocenters. The van der Waals surface area contributed by atoms with E-state index in [0.29, 0.717) is 5.02 Å². The highest BCUT2D eigenvalue weighted by Crippen LogP contribution is 2.17. The van der Waals surface area contributed by atoms with E-state index in [2.05, 4.69) is 12.2 Å². The van der Waals surface area contributed by atoms with Gasteiger partial charge in [-0.3, -0.25) is 4.79 Å². The summed E-state index contributed by atoms with van der Waals surface area (Å²) in [5.74, 6) is 0.864. The highest BCUT2D eigenvalue weighted by Gasteiger charge is 2.02. The molecular weight excluding hydrogens is 230 g/mol. The zero-order chi connectivity index (χ0) is 11.1. The largest absolute Gasteiger partial charge is 0.317 e. The number of amides is 1. The average Bonchev–Trinajstić information content (AvgIpc) is 2.18. The molecule has 0 heterocycles. The Morgan fingerprint density at radius 1 is 1.53 bits per heavy atom. The summed E-state index contributed by atoms with van der Waals surface area (Å²) in [4.78, 5) is 11.4. The average molecular weight is 244 g/mol. The Bertz CT molecular complexity index is 330. The van der Waals surface area contributed by atoms with Gasteiger partial charge in [0, 0.05) is 16.5 Å². The van der Waals surface area contributed by atoms with Crippen LogP contribution in [0.4, 0.5) is 10.5 Å². The van der Waals surface area contributed by atoms with E-state index >= 15 is 0 Å². The van der Waals surface area contributed by atoms with Crippen LogP contribution >= 0.6 is 23.4 Å². The van der Waals surface area contributed by atoms with Gasteiger partial charge in [0.2, 0.25) is 0 Å². The number of halogens is 1. The van der Waals surface area contributed by atoms with Gasteiger partial charge in [0.15, 0.2) is 0 Å². The fourth-order valence-corrected chi connectivity index (χ4v) is 2.03. The third-order valence-electron chi connectivity index (χ3n) is 1.80. The van der Waals surface area contributed by atoms with Crippen molar-refractivity contribution < 1.29 is 4.79 Å². The standard InChI is InChI=1S/C11H14ClNOS/c1-2-3-7-15-11(14)13-10-6-4-5-9(12)8-10/h4-6,8H,2-3,7H2,1H3,(H,13,14). The molecule has 15 heavy (non-hydrogen) atoms. The van der Waals surface area contributed by atoms with E-state index in [9.17, 15) is 4.79 Å². The van der Waals surface area contributed by atoms with Crippen molar-refractivity contribution in [1.29, 1.82) is 0 Å². The Hall–Kier alpha value is -0.670. The second-order valence-corrected chi connectivity index (χ2v) is 4.63. The molecule has 1 aromatic carbocycles. The lowest BCUT2D eigenvalue weighted by molar-refractivity contribution is 0.270.